The highest BCUT2D eigenvalue weighted by Crippen LogP contribution is 1.97. The molecule has 0 aliphatic heterocycles. The highest BCUT2D eigenvalue weighted by Gasteiger charge is 2.14. The number of amides is 1. The molecule has 3 nitrogen and oxygen atoms in total. The summed E-state index contributed by atoms with van der Waals surface area (Å²) < 4.78 is 0. The molecule has 0 aromatic carbocycles. The summed E-state index contributed by atoms with van der Waals surface area (Å²) in [7, 11) is 1.78. The zero-order valence-electron chi connectivity index (χ0n) is 7.63. The van der Waals surface area contributed by atoms with Crippen molar-refractivity contribution in [1.29, 1.82) is 0 Å². The number of nitrogens with zero attached hydrogens (tertiary/aromatic N) is 1. The molecule has 0 saturated heterocycles. The van der Waals surface area contributed by atoms with Crippen LogP contribution >= 0.6 is 0 Å². The molecule has 1 amide bonds. The van der Waals surface area contributed by atoms with Gasteiger partial charge in [-0.15, -0.1) is 0 Å². The topological polar surface area (TPSA) is 46.3 Å². The summed E-state index contributed by atoms with van der Waals surface area (Å²) in [6.07, 6.45) is 1.74. The van der Waals surface area contributed by atoms with Crippen LogP contribution in [0.2, 0.25) is 0 Å². The lowest BCUT2D eigenvalue weighted by Crippen LogP contribution is -2.41. The maximum Gasteiger partial charge on any atom is 0.239 e. The van der Waals surface area contributed by atoms with Gasteiger partial charge in [0, 0.05) is 13.6 Å². The summed E-state index contributed by atoms with van der Waals surface area (Å²) in [4.78, 5) is 12.9. The van der Waals surface area contributed by atoms with Crippen molar-refractivity contribution in [2.45, 2.75) is 32.7 Å². The second kappa shape index (κ2) is 5.13. The molecule has 2 N–H and O–H groups in total. The Labute approximate surface area is 68.6 Å². The summed E-state index contributed by atoms with van der Waals surface area (Å²) in [5.41, 5.74) is 5.61. The molecule has 3 heteroatoms. The van der Waals surface area contributed by atoms with E-state index in [0.29, 0.717) is 0 Å². The highest BCUT2D eigenvalue weighted by molar-refractivity contribution is 5.81. The van der Waals surface area contributed by atoms with E-state index in [1.165, 1.54) is 0 Å². The van der Waals surface area contributed by atoms with Crippen LogP contribution in [0.1, 0.15) is 26.7 Å². The molecule has 0 heterocycles. The van der Waals surface area contributed by atoms with Gasteiger partial charge in [-0.1, -0.05) is 13.3 Å². The van der Waals surface area contributed by atoms with E-state index in [1.807, 2.05) is 13.8 Å². The molecule has 0 radical (unpaired) electrons. The van der Waals surface area contributed by atoms with Gasteiger partial charge in [0.05, 0.1) is 6.04 Å². The van der Waals surface area contributed by atoms with Crippen LogP contribution in [-0.4, -0.2) is 30.4 Å². The van der Waals surface area contributed by atoms with Gasteiger partial charge in [-0.3, -0.25) is 4.79 Å². The molecule has 66 valence electrons. The third-order valence-corrected chi connectivity index (χ3v) is 1.77. The van der Waals surface area contributed by atoms with Crippen molar-refractivity contribution in [3.05, 3.63) is 0 Å². The fourth-order valence-corrected chi connectivity index (χ4v) is 0.873. The fraction of sp³-hybridized carbons (Fsp3) is 0.875. The summed E-state index contributed by atoms with van der Waals surface area (Å²) in [6.45, 7) is 4.70. The quantitative estimate of drug-likeness (QED) is 0.651. The Morgan fingerprint density at radius 2 is 2.09 bits per heavy atom. The molecule has 1 atom stereocenters. The maximum absolute atomic E-state index is 11.3. The van der Waals surface area contributed by atoms with Crippen molar-refractivity contribution < 1.29 is 4.79 Å². The molecule has 0 aromatic heterocycles. The first-order chi connectivity index (χ1) is 5.13. The van der Waals surface area contributed by atoms with Gasteiger partial charge in [0.15, 0.2) is 0 Å². The molecule has 0 rings (SSSR count). The lowest BCUT2D eigenvalue weighted by Gasteiger charge is -2.18. The van der Waals surface area contributed by atoms with Crippen LogP contribution in [0.4, 0.5) is 0 Å². The predicted octanol–water partition coefficient (Wildman–Crippen LogP) is 0.592. The van der Waals surface area contributed by atoms with Crippen molar-refractivity contribution in [2.75, 3.05) is 13.6 Å². The molecule has 0 aliphatic rings. The van der Waals surface area contributed by atoms with Gasteiger partial charge in [0.2, 0.25) is 5.91 Å². The van der Waals surface area contributed by atoms with E-state index in [4.69, 9.17) is 5.73 Å². The second-order valence-corrected chi connectivity index (χ2v) is 2.75. The first-order valence-corrected chi connectivity index (χ1v) is 4.14. The molecule has 0 aromatic rings. The number of carbonyl (C=O) groups excluding carboxylic acids is 1. The fourth-order valence-electron chi connectivity index (χ4n) is 0.873. The maximum atomic E-state index is 11.3. The largest absolute Gasteiger partial charge is 0.345 e. The van der Waals surface area contributed by atoms with E-state index in [1.54, 1.807) is 11.9 Å². The number of rotatable bonds is 4. The van der Waals surface area contributed by atoms with Crippen molar-refractivity contribution in [3.63, 3.8) is 0 Å². The zero-order chi connectivity index (χ0) is 8.85. The van der Waals surface area contributed by atoms with Gasteiger partial charge in [-0.25, -0.2) is 0 Å². The van der Waals surface area contributed by atoms with Gasteiger partial charge < -0.3 is 10.6 Å². The average Bonchev–Trinajstić information content (AvgIpc) is 2.02. The molecule has 11 heavy (non-hydrogen) atoms. The van der Waals surface area contributed by atoms with Gasteiger partial charge >= 0.3 is 0 Å². The normalized spacial score (nSPS) is 12.7. The van der Waals surface area contributed by atoms with Crippen LogP contribution in [-0.2, 0) is 4.79 Å². The van der Waals surface area contributed by atoms with Crippen LogP contribution in [0.3, 0.4) is 0 Å². The minimum atomic E-state index is -0.301. The van der Waals surface area contributed by atoms with Crippen molar-refractivity contribution in [3.8, 4) is 0 Å². The predicted molar refractivity (Wildman–Crippen MR) is 46.2 cm³/mol. The van der Waals surface area contributed by atoms with E-state index in [0.717, 1.165) is 19.4 Å². The zero-order valence-corrected chi connectivity index (χ0v) is 7.63. The average molecular weight is 158 g/mol. The monoisotopic (exact) mass is 158 g/mol. The summed E-state index contributed by atoms with van der Waals surface area (Å²) in [5.74, 6) is 0.0503. The standard InChI is InChI=1S/C8H18N2O/c1-4-6-7(9)8(11)10(3)5-2/h7H,4-6,9H2,1-3H3/t7-/m1/s1. The first-order valence-electron chi connectivity index (χ1n) is 4.14. The lowest BCUT2D eigenvalue weighted by molar-refractivity contribution is -0.131. The third-order valence-electron chi connectivity index (χ3n) is 1.77. The smallest absolute Gasteiger partial charge is 0.239 e. The Balaban J connectivity index is 3.81. The first kappa shape index (κ1) is 10.4. The molecular weight excluding hydrogens is 140 g/mol. The molecule has 0 bridgehead atoms. The van der Waals surface area contributed by atoms with E-state index < -0.39 is 0 Å². The number of carbonyl (C=O) groups is 1. The Kier molecular flexibility index (Phi) is 4.86. The molecule has 0 aliphatic carbocycles. The number of nitrogens with two attached hydrogens (primary N) is 1. The minimum absolute atomic E-state index is 0.0503. The second-order valence-electron chi connectivity index (χ2n) is 2.75. The van der Waals surface area contributed by atoms with Crippen LogP contribution < -0.4 is 5.73 Å². The summed E-state index contributed by atoms with van der Waals surface area (Å²) >= 11 is 0. The number of likely N-dealkylation sites (N-methyl/N-ethyl adjacent to an activating group) is 1. The molecule has 0 fully saturated rings. The van der Waals surface area contributed by atoms with E-state index >= 15 is 0 Å². The highest BCUT2D eigenvalue weighted by atomic mass is 16.2. The van der Waals surface area contributed by atoms with E-state index in [-0.39, 0.29) is 11.9 Å². The Bertz CT molecular complexity index is 125. The molecule has 0 saturated carbocycles. The van der Waals surface area contributed by atoms with Crippen molar-refractivity contribution in [2.24, 2.45) is 5.73 Å². The van der Waals surface area contributed by atoms with Gasteiger partial charge in [-0.2, -0.15) is 0 Å². The Morgan fingerprint density at radius 3 is 2.45 bits per heavy atom. The number of hydrogen-bond acceptors (Lipinski definition) is 2. The SMILES string of the molecule is CCC[C@@H](N)C(=O)N(C)CC. The van der Waals surface area contributed by atoms with Crippen LogP contribution in [0, 0.1) is 0 Å². The van der Waals surface area contributed by atoms with Crippen LogP contribution in [0.25, 0.3) is 0 Å². The lowest BCUT2D eigenvalue weighted by atomic mass is 10.1. The summed E-state index contributed by atoms with van der Waals surface area (Å²) in [6, 6.07) is -0.301. The minimum Gasteiger partial charge on any atom is -0.345 e. The molecular formula is C8H18N2O. The van der Waals surface area contributed by atoms with Crippen LogP contribution in [0.15, 0.2) is 0 Å². The van der Waals surface area contributed by atoms with Crippen LogP contribution in [0.5, 0.6) is 0 Å². The Hall–Kier alpha value is -0.570. The summed E-state index contributed by atoms with van der Waals surface area (Å²) in [5, 5.41) is 0. The van der Waals surface area contributed by atoms with Crippen molar-refractivity contribution >= 4 is 5.91 Å². The van der Waals surface area contributed by atoms with E-state index in [9.17, 15) is 4.79 Å². The van der Waals surface area contributed by atoms with E-state index in [2.05, 4.69) is 0 Å². The number of hydrogen-bond donors (Lipinski definition) is 1. The third kappa shape index (κ3) is 3.37. The van der Waals surface area contributed by atoms with Gasteiger partial charge in [0.25, 0.3) is 0 Å². The molecule has 0 unspecified atom stereocenters. The molecule has 0 spiro atoms. The van der Waals surface area contributed by atoms with Gasteiger partial charge in [-0.05, 0) is 13.3 Å². The Morgan fingerprint density at radius 1 is 1.55 bits per heavy atom. The van der Waals surface area contributed by atoms with Crippen molar-refractivity contribution in [1.82, 2.24) is 4.90 Å². The van der Waals surface area contributed by atoms with Gasteiger partial charge in [0.1, 0.15) is 0 Å².